The average Bonchev–Trinajstić information content (AvgIpc) is 2.41. The third kappa shape index (κ3) is 3.37. The second kappa shape index (κ2) is 6.07. The van der Waals surface area contributed by atoms with E-state index in [1.54, 1.807) is 24.4 Å². The molecule has 0 atom stereocenters. The van der Waals surface area contributed by atoms with Gasteiger partial charge < -0.3 is 10.0 Å². The van der Waals surface area contributed by atoms with Crippen molar-refractivity contribution >= 4 is 35.0 Å². The Labute approximate surface area is 125 Å². The molecule has 0 amide bonds. The highest BCUT2D eigenvalue weighted by atomic mass is 35.5. The van der Waals surface area contributed by atoms with Gasteiger partial charge >= 0.3 is 5.97 Å². The minimum absolute atomic E-state index is 0.0831. The Kier molecular flexibility index (Phi) is 4.42. The molecule has 0 radical (unpaired) electrons. The van der Waals surface area contributed by atoms with Crippen molar-refractivity contribution in [3.63, 3.8) is 0 Å². The first-order valence-electron chi connectivity index (χ1n) is 5.68. The smallest absolute Gasteiger partial charge is 0.337 e. The number of aromatic nitrogens is 2. The molecule has 1 aromatic carbocycles. The molecule has 1 N–H and O–H groups in total. The van der Waals surface area contributed by atoms with Crippen molar-refractivity contribution in [2.75, 3.05) is 11.9 Å². The number of hydrogen-bond acceptors (Lipinski definition) is 4. The zero-order valence-electron chi connectivity index (χ0n) is 10.5. The molecule has 0 spiro atoms. The Balaban J connectivity index is 2.19. The quantitative estimate of drug-likeness (QED) is 0.939. The minimum Gasteiger partial charge on any atom is -0.478 e. The second-order valence-corrected chi connectivity index (χ2v) is 4.97. The number of aromatic carboxylic acids is 1. The van der Waals surface area contributed by atoms with Crippen molar-refractivity contribution < 1.29 is 9.90 Å². The van der Waals surface area contributed by atoms with Crippen molar-refractivity contribution in [3.8, 4) is 0 Å². The fraction of sp³-hybridized carbons (Fsp3) is 0.154. The van der Waals surface area contributed by atoms with Crippen LogP contribution in [0.25, 0.3) is 0 Å². The van der Waals surface area contributed by atoms with E-state index >= 15 is 0 Å². The van der Waals surface area contributed by atoms with Gasteiger partial charge in [0.2, 0.25) is 0 Å². The number of hydrogen-bond donors (Lipinski definition) is 1. The molecular weight excluding hydrogens is 301 g/mol. The molecule has 0 aliphatic heterocycles. The van der Waals surface area contributed by atoms with Crippen LogP contribution in [0.15, 0.2) is 30.6 Å². The monoisotopic (exact) mass is 311 g/mol. The highest BCUT2D eigenvalue weighted by molar-refractivity contribution is 6.33. The fourth-order valence-electron chi connectivity index (χ4n) is 1.69. The van der Waals surface area contributed by atoms with Gasteiger partial charge in [-0.1, -0.05) is 29.3 Å². The first-order valence-corrected chi connectivity index (χ1v) is 6.43. The van der Waals surface area contributed by atoms with Crippen molar-refractivity contribution in [2.45, 2.75) is 6.54 Å². The van der Waals surface area contributed by atoms with Crippen LogP contribution in [-0.4, -0.2) is 28.1 Å². The second-order valence-electron chi connectivity index (χ2n) is 4.17. The van der Waals surface area contributed by atoms with E-state index in [-0.39, 0.29) is 10.6 Å². The molecule has 5 nitrogen and oxygen atoms in total. The molecule has 0 saturated carbocycles. The van der Waals surface area contributed by atoms with Crippen LogP contribution in [0, 0.1) is 0 Å². The van der Waals surface area contributed by atoms with E-state index in [1.807, 2.05) is 11.9 Å². The van der Waals surface area contributed by atoms with Gasteiger partial charge in [-0.25, -0.2) is 14.8 Å². The van der Waals surface area contributed by atoms with Gasteiger partial charge in [-0.2, -0.15) is 0 Å². The van der Waals surface area contributed by atoms with Crippen LogP contribution in [0.3, 0.4) is 0 Å². The van der Waals surface area contributed by atoms with Crippen molar-refractivity contribution in [2.24, 2.45) is 0 Å². The predicted octanol–water partition coefficient (Wildman–Crippen LogP) is 3.12. The normalized spacial score (nSPS) is 10.3. The molecule has 0 aliphatic rings. The van der Waals surface area contributed by atoms with Crippen LogP contribution in [0.4, 0.5) is 5.82 Å². The summed E-state index contributed by atoms with van der Waals surface area (Å²) >= 11 is 11.5. The maximum absolute atomic E-state index is 11.0. The largest absolute Gasteiger partial charge is 0.478 e. The summed E-state index contributed by atoms with van der Waals surface area (Å²) in [6.45, 7) is 0.480. The lowest BCUT2D eigenvalue weighted by molar-refractivity contribution is 0.0697. The molecule has 1 aromatic heterocycles. The Bertz CT molecular complexity index is 632. The lowest BCUT2D eigenvalue weighted by Crippen LogP contribution is -2.18. The number of anilines is 1. The van der Waals surface area contributed by atoms with Gasteiger partial charge in [-0.05, 0) is 17.7 Å². The molecule has 0 aliphatic carbocycles. The molecule has 0 fully saturated rings. The van der Waals surface area contributed by atoms with Crippen LogP contribution in [0.5, 0.6) is 0 Å². The summed E-state index contributed by atoms with van der Waals surface area (Å²) < 4.78 is 0. The summed E-state index contributed by atoms with van der Waals surface area (Å²) in [7, 11) is 1.83. The number of halogens is 2. The predicted molar refractivity (Wildman–Crippen MR) is 77.6 cm³/mol. The standard InChI is InChI=1S/C13H11Cl2N3O2/c1-18(12-6-16-11(15)5-17-12)7-8-2-3-10(14)9(4-8)13(19)20/h2-6H,7H2,1H3,(H,19,20). The van der Waals surface area contributed by atoms with Gasteiger partial charge in [0, 0.05) is 13.6 Å². The Hall–Kier alpha value is -1.85. The van der Waals surface area contributed by atoms with Crippen molar-refractivity contribution in [1.29, 1.82) is 0 Å². The van der Waals surface area contributed by atoms with Crippen molar-refractivity contribution in [1.82, 2.24) is 9.97 Å². The third-order valence-corrected chi connectivity index (χ3v) is 3.20. The number of carbonyl (C=O) groups is 1. The summed E-state index contributed by atoms with van der Waals surface area (Å²) in [5.74, 6) is -0.410. The number of benzene rings is 1. The summed E-state index contributed by atoms with van der Waals surface area (Å²) in [5.41, 5.74) is 0.894. The van der Waals surface area contributed by atoms with Gasteiger partial charge in [0.05, 0.1) is 23.0 Å². The molecular formula is C13H11Cl2N3O2. The molecule has 2 rings (SSSR count). The zero-order valence-corrected chi connectivity index (χ0v) is 12.1. The fourth-order valence-corrected chi connectivity index (χ4v) is 1.99. The molecule has 7 heteroatoms. The van der Waals surface area contributed by atoms with E-state index in [0.29, 0.717) is 17.5 Å². The molecule has 0 saturated heterocycles. The number of carboxylic acid groups (broad SMARTS) is 1. The summed E-state index contributed by atoms with van der Waals surface area (Å²) in [5, 5.41) is 9.58. The maximum Gasteiger partial charge on any atom is 0.337 e. The van der Waals surface area contributed by atoms with E-state index in [1.165, 1.54) is 6.20 Å². The summed E-state index contributed by atoms with van der Waals surface area (Å²) in [6, 6.07) is 4.89. The van der Waals surface area contributed by atoms with Crippen LogP contribution in [0.1, 0.15) is 15.9 Å². The highest BCUT2D eigenvalue weighted by Crippen LogP contribution is 2.20. The van der Waals surface area contributed by atoms with Crippen molar-refractivity contribution in [3.05, 3.63) is 51.9 Å². The number of nitrogens with zero attached hydrogens (tertiary/aromatic N) is 3. The third-order valence-electron chi connectivity index (χ3n) is 2.68. The van der Waals surface area contributed by atoms with Gasteiger partial charge in [-0.15, -0.1) is 0 Å². The number of carboxylic acids is 1. The van der Waals surface area contributed by atoms with E-state index < -0.39 is 5.97 Å². The summed E-state index contributed by atoms with van der Waals surface area (Å²) in [6.07, 6.45) is 3.01. The van der Waals surface area contributed by atoms with Gasteiger partial charge in [0.25, 0.3) is 0 Å². The lowest BCUT2D eigenvalue weighted by Gasteiger charge is -2.18. The highest BCUT2D eigenvalue weighted by Gasteiger charge is 2.11. The molecule has 20 heavy (non-hydrogen) atoms. The van der Waals surface area contributed by atoms with Crippen LogP contribution in [-0.2, 0) is 6.54 Å². The molecule has 1 heterocycles. The molecule has 2 aromatic rings. The number of rotatable bonds is 4. The first kappa shape index (κ1) is 14.6. The maximum atomic E-state index is 11.0. The Morgan fingerprint density at radius 3 is 2.65 bits per heavy atom. The zero-order chi connectivity index (χ0) is 14.7. The Morgan fingerprint density at radius 1 is 1.30 bits per heavy atom. The van der Waals surface area contributed by atoms with Gasteiger partial charge in [0.15, 0.2) is 0 Å². The Morgan fingerprint density at radius 2 is 2.05 bits per heavy atom. The summed E-state index contributed by atoms with van der Waals surface area (Å²) in [4.78, 5) is 21.0. The minimum atomic E-state index is -1.05. The van der Waals surface area contributed by atoms with Crippen LogP contribution < -0.4 is 4.90 Å². The molecule has 0 unspecified atom stereocenters. The van der Waals surface area contributed by atoms with Crippen LogP contribution in [0.2, 0.25) is 10.2 Å². The first-order chi connectivity index (χ1) is 9.47. The van der Waals surface area contributed by atoms with E-state index in [9.17, 15) is 4.79 Å². The van der Waals surface area contributed by atoms with E-state index in [0.717, 1.165) is 5.56 Å². The average molecular weight is 312 g/mol. The lowest BCUT2D eigenvalue weighted by atomic mass is 10.1. The SMILES string of the molecule is CN(Cc1ccc(Cl)c(C(=O)O)c1)c1cnc(Cl)cn1. The molecule has 104 valence electrons. The topological polar surface area (TPSA) is 66.3 Å². The van der Waals surface area contributed by atoms with Gasteiger partial charge in [0.1, 0.15) is 11.0 Å². The van der Waals surface area contributed by atoms with Gasteiger partial charge in [-0.3, -0.25) is 0 Å². The van der Waals surface area contributed by atoms with E-state index in [4.69, 9.17) is 28.3 Å². The van der Waals surface area contributed by atoms with E-state index in [2.05, 4.69) is 9.97 Å². The van der Waals surface area contributed by atoms with Crippen LogP contribution >= 0.6 is 23.2 Å². The molecule has 0 bridgehead atoms.